The predicted molar refractivity (Wildman–Crippen MR) is 78.8 cm³/mol. The highest BCUT2D eigenvalue weighted by molar-refractivity contribution is 5.22. The summed E-state index contributed by atoms with van der Waals surface area (Å²) in [6.45, 7) is 2.55. The van der Waals surface area contributed by atoms with E-state index < -0.39 is 0 Å². The van der Waals surface area contributed by atoms with Crippen molar-refractivity contribution >= 4 is 0 Å². The van der Waals surface area contributed by atoms with E-state index in [1.165, 1.54) is 11.1 Å². The number of nitrogens with zero attached hydrogens (tertiary/aromatic N) is 1. The van der Waals surface area contributed by atoms with Crippen LogP contribution in [0.4, 0.5) is 0 Å². The highest BCUT2D eigenvalue weighted by Crippen LogP contribution is 2.04. The predicted octanol–water partition coefficient (Wildman–Crippen LogP) is 1.92. The fraction of sp³-hybridized carbons (Fsp3) is 0.312. The van der Waals surface area contributed by atoms with Crippen LogP contribution in [0.25, 0.3) is 0 Å². The molecule has 0 aliphatic carbocycles. The average Bonchev–Trinajstić information content (AvgIpc) is 2.47. The summed E-state index contributed by atoms with van der Waals surface area (Å²) < 4.78 is 0. The number of benzene rings is 1. The maximum absolute atomic E-state index is 5.53. The van der Waals surface area contributed by atoms with Crippen LogP contribution in [0.15, 0.2) is 48.7 Å². The largest absolute Gasteiger partial charge is 0.330 e. The summed E-state index contributed by atoms with van der Waals surface area (Å²) in [5.41, 5.74) is 9.28. The van der Waals surface area contributed by atoms with Crippen molar-refractivity contribution in [3.8, 4) is 0 Å². The van der Waals surface area contributed by atoms with Gasteiger partial charge in [-0.15, -0.1) is 0 Å². The van der Waals surface area contributed by atoms with Gasteiger partial charge in [0.2, 0.25) is 0 Å². The first-order valence-electron chi connectivity index (χ1n) is 6.77. The fourth-order valence-electron chi connectivity index (χ4n) is 1.99. The van der Waals surface area contributed by atoms with Crippen molar-refractivity contribution in [3.63, 3.8) is 0 Å². The molecule has 0 unspecified atom stereocenters. The Labute approximate surface area is 114 Å². The Kier molecular flexibility index (Phi) is 5.53. The molecule has 2 rings (SSSR count). The molecule has 0 bridgehead atoms. The lowest BCUT2D eigenvalue weighted by molar-refractivity contribution is 0.680. The van der Waals surface area contributed by atoms with Crippen LogP contribution in [0.2, 0.25) is 0 Å². The van der Waals surface area contributed by atoms with Crippen LogP contribution in [-0.2, 0) is 19.4 Å². The van der Waals surface area contributed by atoms with Crippen molar-refractivity contribution in [1.29, 1.82) is 0 Å². The van der Waals surface area contributed by atoms with Gasteiger partial charge in [0.1, 0.15) is 0 Å². The van der Waals surface area contributed by atoms with E-state index >= 15 is 0 Å². The van der Waals surface area contributed by atoms with Crippen LogP contribution in [0, 0.1) is 0 Å². The topological polar surface area (TPSA) is 50.9 Å². The molecule has 2 aromatic rings. The lowest BCUT2D eigenvalue weighted by atomic mass is 10.1. The first kappa shape index (κ1) is 13.7. The summed E-state index contributed by atoms with van der Waals surface area (Å²) in [6, 6.07) is 14.7. The minimum atomic E-state index is 0.710. The van der Waals surface area contributed by atoms with Crippen LogP contribution < -0.4 is 11.1 Å². The van der Waals surface area contributed by atoms with Crippen molar-refractivity contribution in [2.45, 2.75) is 19.4 Å². The first-order valence-corrected chi connectivity index (χ1v) is 6.77. The smallest absolute Gasteiger partial charge is 0.0416 e. The lowest BCUT2D eigenvalue weighted by Gasteiger charge is -2.06. The number of hydrogen-bond donors (Lipinski definition) is 2. The van der Waals surface area contributed by atoms with Gasteiger partial charge in [0.15, 0.2) is 0 Å². The number of nitrogens with two attached hydrogens (primary N) is 1. The van der Waals surface area contributed by atoms with Crippen molar-refractivity contribution in [2.75, 3.05) is 13.1 Å². The zero-order chi connectivity index (χ0) is 13.3. The molecule has 0 saturated carbocycles. The van der Waals surface area contributed by atoms with Crippen LogP contribution in [0.1, 0.15) is 16.8 Å². The SMILES string of the molecule is NCCc1ccc(CNCCc2ccccn2)cc1. The molecule has 0 fully saturated rings. The summed E-state index contributed by atoms with van der Waals surface area (Å²) in [5.74, 6) is 0. The standard InChI is InChI=1S/C16H21N3/c17-10-8-14-4-6-15(7-5-14)13-18-12-9-16-3-1-2-11-19-16/h1-7,11,18H,8-10,12-13,17H2. The molecule has 0 spiro atoms. The van der Waals surface area contributed by atoms with Gasteiger partial charge in [0, 0.05) is 31.4 Å². The van der Waals surface area contributed by atoms with Crippen molar-refractivity contribution in [2.24, 2.45) is 5.73 Å². The molecule has 0 atom stereocenters. The summed E-state index contributed by atoms with van der Waals surface area (Å²) >= 11 is 0. The molecule has 1 aromatic heterocycles. The highest BCUT2D eigenvalue weighted by Gasteiger charge is 1.96. The lowest BCUT2D eigenvalue weighted by Crippen LogP contribution is -2.17. The van der Waals surface area contributed by atoms with Gasteiger partial charge in [-0.05, 0) is 36.2 Å². The minimum absolute atomic E-state index is 0.710. The Hall–Kier alpha value is -1.71. The average molecular weight is 255 g/mol. The Bertz CT molecular complexity index is 465. The summed E-state index contributed by atoms with van der Waals surface area (Å²) in [5, 5.41) is 3.44. The molecule has 19 heavy (non-hydrogen) atoms. The molecule has 1 heterocycles. The zero-order valence-corrected chi connectivity index (χ0v) is 11.2. The molecule has 0 saturated heterocycles. The zero-order valence-electron chi connectivity index (χ0n) is 11.2. The molecule has 100 valence electrons. The number of aromatic nitrogens is 1. The normalized spacial score (nSPS) is 10.6. The Balaban J connectivity index is 1.70. The van der Waals surface area contributed by atoms with Crippen molar-refractivity contribution < 1.29 is 0 Å². The molecule has 3 nitrogen and oxygen atoms in total. The van der Waals surface area contributed by atoms with E-state index in [0.717, 1.165) is 31.6 Å². The van der Waals surface area contributed by atoms with Gasteiger partial charge in [-0.2, -0.15) is 0 Å². The van der Waals surface area contributed by atoms with E-state index in [-0.39, 0.29) is 0 Å². The Morgan fingerprint density at radius 2 is 1.74 bits per heavy atom. The van der Waals surface area contributed by atoms with E-state index in [4.69, 9.17) is 5.73 Å². The third-order valence-electron chi connectivity index (χ3n) is 3.07. The van der Waals surface area contributed by atoms with Gasteiger partial charge >= 0.3 is 0 Å². The fourth-order valence-corrected chi connectivity index (χ4v) is 1.99. The van der Waals surface area contributed by atoms with Crippen LogP contribution in [0.5, 0.6) is 0 Å². The van der Waals surface area contributed by atoms with E-state index in [1.54, 1.807) is 0 Å². The quantitative estimate of drug-likeness (QED) is 0.743. The van der Waals surface area contributed by atoms with E-state index in [0.29, 0.717) is 6.54 Å². The maximum atomic E-state index is 5.53. The van der Waals surface area contributed by atoms with E-state index in [2.05, 4.69) is 40.6 Å². The third-order valence-corrected chi connectivity index (χ3v) is 3.07. The summed E-state index contributed by atoms with van der Waals surface area (Å²) in [7, 11) is 0. The molecular formula is C16H21N3. The molecule has 0 aliphatic heterocycles. The number of rotatable bonds is 7. The molecule has 1 aromatic carbocycles. The molecule has 0 aliphatic rings. The van der Waals surface area contributed by atoms with Gasteiger partial charge in [0.25, 0.3) is 0 Å². The second-order valence-electron chi connectivity index (χ2n) is 4.60. The van der Waals surface area contributed by atoms with Crippen molar-refractivity contribution in [3.05, 3.63) is 65.5 Å². The van der Waals surface area contributed by atoms with Gasteiger partial charge < -0.3 is 11.1 Å². The monoisotopic (exact) mass is 255 g/mol. The maximum Gasteiger partial charge on any atom is 0.0416 e. The Morgan fingerprint density at radius 1 is 0.947 bits per heavy atom. The summed E-state index contributed by atoms with van der Waals surface area (Å²) in [4.78, 5) is 4.30. The first-order chi connectivity index (χ1) is 9.38. The van der Waals surface area contributed by atoms with E-state index in [9.17, 15) is 0 Å². The number of pyridine rings is 1. The van der Waals surface area contributed by atoms with Gasteiger partial charge in [0.05, 0.1) is 0 Å². The molecule has 0 radical (unpaired) electrons. The molecule has 0 amide bonds. The molecular weight excluding hydrogens is 234 g/mol. The van der Waals surface area contributed by atoms with Crippen molar-refractivity contribution in [1.82, 2.24) is 10.3 Å². The second kappa shape index (κ2) is 7.67. The molecule has 3 N–H and O–H groups in total. The van der Waals surface area contributed by atoms with Gasteiger partial charge in [-0.1, -0.05) is 30.3 Å². The third kappa shape index (κ3) is 4.81. The van der Waals surface area contributed by atoms with Gasteiger partial charge in [-0.25, -0.2) is 0 Å². The number of nitrogens with one attached hydrogen (secondary N) is 1. The second-order valence-corrected chi connectivity index (χ2v) is 4.60. The van der Waals surface area contributed by atoms with Crippen LogP contribution in [0.3, 0.4) is 0 Å². The van der Waals surface area contributed by atoms with Gasteiger partial charge in [-0.3, -0.25) is 4.98 Å². The molecule has 3 heteroatoms. The number of hydrogen-bond acceptors (Lipinski definition) is 3. The van der Waals surface area contributed by atoms with Crippen LogP contribution >= 0.6 is 0 Å². The minimum Gasteiger partial charge on any atom is -0.330 e. The van der Waals surface area contributed by atoms with E-state index in [1.807, 2.05) is 18.3 Å². The highest BCUT2D eigenvalue weighted by atomic mass is 14.8. The summed E-state index contributed by atoms with van der Waals surface area (Å²) in [6.07, 6.45) is 3.75. The Morgan fingerprint density at radius 3 is 2.42 bits per heavy atom. The van der Waals surface area contributed by atoms with Crippen LogP contribution in [-0.4, -0.2) is 18.1 Å².